The molecular weight excluding hydrogens is 580 g/mol. The molecule has 5 fully saturated rings. The van der Waals surface area contributed by atoms with E-state index < -0.39 is 6.17 Å². The van der Waals surface area contributed by atoms with Crippen molar-refractivity contribution in [1.29, 1.82) is 0 Å². The molecule has 0 aromatic rings. The van der Waals surface area contributed by atoms with E-state index in [-0.39, 0.29) is 20.1 Å². The van der Waals surface area contributed by atoms with E-state index in [0.717, 1.165) is 42.5 Å². The van der Waals surface area contributed by atoms with E-state index in [1.54, 1.807) is 38.5 Å². The molecule has 31 heavy (non-hydrogen) atoms. The Morgan fingerprint density at radius 3 is 2.29 bits per heavy atom. The van der Waals surface area contributed by atoms with E-state index in [4.69, 9.17) is 0 Å². The molecule has 4 heteroatoms. The Bertz CT molecular complexity index is 470. The maximum atomic E-state index is 12.9. The predicted octanol–water partition coefficient (Wildman–Crippen LogP) is 8.42. The number of nitrogens with zero attached hydrogens (tertiary/aromatic N) is 1. The second-order valence-corrected chi connectivity index (χ2v) is 12.7. The molecule has 4 saturated carbocycles. The fourth-order valence-electron chi connectivity index (χ4n) is 6.91. The molecule has 0 amide bonds. The summed E-state index contributed by atoms with van der Waals surface area (Å²) in [4.78, 5) is 0. The van der Waals surface area contributed by atoms with Gasteiger partial charge in [0.05, 0.1) is 6.17 Å². The van der Waals surface area contributed by atoms with Gasteiger partial charge in [-0.1, -0.05) is 76.5 Å². The van der Waals surface area contributed by atoms with Gasteiger partial charge in [-0.2, -0.15) is 24.3 Å². The summed E-state index contributed by atoms with van der Waals surface area (Å²) in [6, 6.07) is 0.529. The standard InChI is InChI=1S/C16H28P.C11H18FN.Ir/c1-2-9-14(10-3-1)17-16-12-6-8-13-7-4-5-11-15(13)16;12-10-6-4-9(5-7-10)11-3-1-2-8-13-11;/h11,13-17H,1-10,12H2;4,9-11H,1-3,5-8H2;/q-1;-2;+3. The van der Waals surface area contributed by atoms with Crippen molar-refractivity contribution >= 4 is 8.58 Å². The molecule has 7 atom stereocenters. The summed E-state index contributed by atoms with van der Waals surface area (Å²) in [6.45, 7) is 1.04. The number of hydrogen-bond acceptors (Lipinski definition) is 0. The normalized spacial score (nSPS) is 39.8. The second-order valence-electron chi connectivity index (χ2n) is 10.8. The second kappa shape index (κ2) is 14.4. The summed E-state index contributed by atoms with van der Waals surface area (Å²) in [7, 11) is 1.31. The topological polar surface area (TPSA) is 14.1 Å². The number of piperidine rings is 1. The van der Waals surface area contributed by atoms with Crippen molar-refractivity contribution in [2.45, 2.75) is 133 Å². The fraction of sp³-hybridized carbons (Fsp3) is 0.926. The van der Waals surface area contributed by atoms with Crippen molar-refractivity contribution in [2.75, 3.05) is 6.54 Å². The molecule has 5 rings (SSSR count). The van der Waals surface area contributed by atoms with Gasteiger partial charge in [0.2, 0.25) is 0 Å². The van der Waals surface area contributed by atoms with Crippen LogP contribution in [0.15, 0.2) is 0 Å². The molecule has 180 valence electrons. The summed E-state index contributed by atoms with van der Waals surface area (Å²) in [6.07, 6.45) is 27.4. The third-order valence-corrected chi connectivity index (χ3v) is 10.8. The smallest absolute Gasteiger partial charge is 0.661 e. The van der Waals surface area contributed by atoms with E-state index in [2.05, 4.69) is 18.2 Å². The Kier molecular flexibility index (Phi) is 12.3. The zero-order valence-corrected chi connectivity index (χ0v) is 23.0. The van der Waals surface area contributed by atoms with Crippen LogP contribution in [0.5, 0.6) is 0 Å². The fourth-order valence-corrected chi connectivity index (χ4v) is 9.26. The molecule has 1 saturated heterocycles. The zero-order valence-electron chi connectivity index (χ0n) is 19.6. The maximum absolute atomic E-state index is 12.9. The minimum Gasteiger partial charge on any atom is -0.661 e. The van der Waals surface area contributed by atoms with Gasteiger partial charge in [0, 0.05) is 0 Å². The quantitative estimate of drug-likeness (QED) is 0.221. The van der Waals surface area contributed by atoms with E-state index >= 15 is 0 Å². The van der Waals surface area contributed by atoms with E-state index in [0.29, 0.717) is 18.4 Å². The molecule has 0 radical (unpaired) electrons. The van der Waals surface area contributed by atoms with Crippen LogP contribution in [0.4, 0.5) is 4.39 Å². The van der Waals surface area contributed by atoms with Crippen LogP contribution in [-0.2, 0) is 20.1 Å². The molecular formula is C27H46FIrNP. The van der Waals surface area contributed by atoms with Gasteiger partial charge in [0.15, 0.2) is 0 Å². The van der Waals surface area contributed by atoms with Gasteiger partial charge >= 0.3 is 20.1 Å². The number of alkyl halides is 1. The molecule has 1 nitrogen and oxygen atoms in total. The summed E-state index contributed by atoms with van der Waals surface area (Å²) in [5, 5.41) is 4.62. The summed E-state index contributed by atoms with van der Waals surface area (Å²) >= 11 is 0. The van der Waals surface area contributed by atoms with Gasteiger partial charge in [-0.05, 0) is 37.0 Å². The Morgan fingerprint density at radius 2 is 1.55 bits per heavy atom. The SMILES string of the molecule is FC1C[CH-]C(C2CCCC[N-]2)CC1.[CH-]1CCCC2CCCC(PC3CCCCC3)C12.[Ir+3]. The van der Waals surface area contributed by atoms with E-state index in [9.17, 15) is 4.39 Å². The predicted molar refractivity (Wildman–Crippen MR) is 130 cm³/mol. The minimum atomic E-state index is -0.570. The molecule has 0 bridgehead atoms. The number of hydrogen-bond donors (Lipinski definition) is 0. The van der Waals surface area contributed by atoms with Crippen molar-refractivity contribution < 1.29 is 24.5 Å². The molecule has 1 heterocycles. The largest absolute Gasteiger partial charge is 3.00 e. The molecule has 4 aliphatic carbocycles. The third-order valence-electron chi connectivity index (χ3n) is 8.65. The Balaban J connectivity index is 0.000000176. The summed E-state index contributed by atoms with van der Waals surface area (Å²) in [5.74, 6) is 2.73. The molecule has 0 spiro atoms. The van der Waals surface area contributed by atoms with Crippen LogP contribution in [-0.4, -0.2) is 30.1 Å². The third kappa shape index (κ3) is 8.30. The van der Waals surface area contributed by atoms with Crippen molar-refractivity contribution in [3.8, 4) is 0 Å². The van der Waals surface area contributed by atoms with E-state index in [1.807, 2.05) is 0 Å². The van der Waals surface area contributed by atoms with Gasteiger partial charge in [0.25, 0.3) is 0 Å². The average molecular weight is 627 g/mol. The number of rotatable bonds is 3. The number of halogens is 1. The Hall–Kier alpha value is 0.969. The zero-order chi connectivity index (χ0) is 20.6. The number of fused-ring (bicyclic) bond motifs is 1. The molecule has 0 N–H and O–H groups in total. The monoisotopic (exact) mass is 627 g/mol. The van der Waals surface area contributed by atoms with Gasteiger partial charge in [-0.15, -0.1) is 21.5 Å². The summed E-state index contributed by atoms with van der Waals surface area (Å²) < 4.78 is 12.9. The summed E-state index contributed by atoms with van der Waals surface area (Å²) in [5.41, 5.74) is 2.24. The Morgan fingerprint density at radius 1 is 0.742 bits per heavy atom. The van der Waals surface area contributed by atoms with Gasteiger partial charge in [-0.25, -0.2) is 0 Å². The van der Waals surface area contributed by atoms with Crippen LogP contribution in [0.2, 0.25) is 0 Å². The minimum absolute atomic E-state index is 0. The van der Waals surface area contributed by atoms with Crippen LogP contribution in [0.3, 0.4) is 0 Å². The van der Waals surface area contributed by atoms with Crippen LogP contribution < -0.4 is 0 Å². The van der Waals surface area contributed by atoms with Gasteiger partial charge < -0.3 is 18.2 Å². The molecule has 7 unspecified atom stereocenters. The van der Waals surface area contributed by atoms with Gasteiger partial charge in [-0.3, -0.25) is 4.39 Å². The average Bonchev–Trinajstić information content (AvgIpc) is 2.82. The first-order valence-corrected chi connectivity index (χ1v) is 14.7. The first-order valence-electron chi connectivity index (χ1n) is 13.5. The molecule has 1 aliphatic heterocycles. The van der Waals surface area contributed by atoms with Crippen molar-refractivity contribution in [1.82, 2.24) is 0 Å². The van der Waals surface area contributed by atoms with Crippen molar-refractivity contribution in [3.63, 3.8) is 0 Å². The van der Waals surface area contributed by atoms with Crippen LogP contribution in [0, 0.1) is 30.6 Å². The van der Waals surface area contributed by atoms with Crippen molar-refractivity contribution in [2.24, 2.45) is 17.8 Å². The van der Waals surface area contributed by atoms with Crippen molar-refractivity contribution in [3.05, 3.63) is 18.2 Å². The molecule has 0 aromatic heterocycles. The Labute approximate surface area is 207 Å². The molecule has 5 aliphatic rings. The first kappa shape index (κ1) is 26.6. The molecule has 0 aromatic carbocycles. The maximum Gasteiger partial charge on any atom is 3.00 e. The van der Waals surface area contributed by atoms with Crippen LogP contribution in [0.25, 0.3) is 5.32 Å². The first-order chi connectivity index (χ1) is 14.8. The van der Waals surface area contributed by atoms with Gasteiger partial charge in [0.1, 0.15) is 0 Å². The van der Waals surface area contributed by atoms with E-state index in [1.165, 1.54) is 59.9 Å². The van der Waals surface area contributed by atoms with Crippen LogP contribution >= 0.6 is 8.58 Å². The van der Waals surface area contributed by atoms with Crippen LogP contribution in [0.1, 0.15) is 109 Å².